The third-order valence-electron chi connectivity index (χ3n) is 3.24. The topological polar surface area (TPSA) is 82.8 Å². The van der Waals surface area contributed by atoms with Crippen molar-refractivity contribution in [2.45, 2.75) is 25.4 Å². The molecular weight excluding hydrogens is 272 g/mol. The molecule has 2 unspecified atom stereocenters. The van der Waals surface area contributed by atoms with Gasteiger partial charge in [0.15, 0.2) is 0 Å². The van der Waals surface area contributed by atoms with Gasteiger partial charge in [-0.3, -0.25) is 4.79 Å². The molecule has 21 heavy (non-hydrogen) atoms. The average molecular weight is 296 g/mol. The lowest BCUT2D eigenvalue weighted by Crippen LogP contribution is -2.42. The normalized spacial score (nSPS) is 13.4. The predicted molar refractivity (Wildman–Crippen MR) is 80.6 cm³/mol. The minimum atomic E-state index is -0.586. The van der Waals surface area contributed by atoms with Crippen LogP contribution in [0.25, 0.3) is 0 Å². The molecular formula is C15H24N2O4. The lowest BCUT2D eigenvalue weighted by atomic mass is 10.1. The van der Waals surface area contributed by atoms with E-state index in [9.17, 15) is 4.79 Å². The van der Waals surface area contributed by atoms with Crippen LogP contribution in [0.15, 0.2) is 18.2 Å². The molecule has 118 valence electrons. The molecule has 0 aliphatic heterocycles. The summed E-state index contributed by atoms with van der Waals surface area (Å²) in [5.41, 5.74) is 6.67. The van der Waals surface area contributed by atoms with Crippen molar-refractivity contribution >= 4 is 5.91 Å². The maximum Gasteiger partial charge on any atom is 0.237 e. The minimum absolute atomic E-state index is 0.211. The highest BCUT2D eigenvalue weighted by Gasteiger charge is 2.18. The SMILES string of the molecule is COCCC(N)C(=O)NC(C)c1ccc(OC)cc1OC. The van der Waals surface area contributed by atoms with Crippen LogP contribution in [0.3, 0.4) is 0 Å². The fraction of sp³-hybridized carbons (Fsp3) is 0.533. The quantitative estimate of drug-likeness (QED) is 0.754. The molecule has 0 aromatic heterocycles. The molecule has 1 aromatic carbocycles. The summed E-state index contributed by atoms with van der Waals surface area (Å²) in [6, 6.07) is 4.67. The van der Waals surface area contributed by atoms with Crippen molar-refractivity contribution in [1.82, 2.24) is 5.32 Å². The van der Waals surface area contributed by atoms with Gasteiger partial charge in [-0.15, -0.1) is 0 Å². The highest BCUT2D eigenvalue weighted by molar-refractivity contribution is 5.81. The van der Waals surface area contributed by atoms with E-state index in [1.807, 2.05) is 19.1 Å². The van der Waals surface area contributed by atoms with Gasteiger partial charge in [0.05, 0.1) is 26.3 Å². The van der Waals surface area contributed by atoms with Crippen molar-refractivity contribution in [2.75, 3.05) is 27.9 Å². The van der Waals surface area contributed by atoms with Gasteiger partial charge in [-0.2, -0.15) is 0 Å². The van der Waals surface area contributed by atoms with Crippen molar-refractivity contribution in [3.63, 3.8) is 0 Å². The van der Waals surface area contributed by atoms with Gasteiger partial charge >= 0.3 is 0 Å². The number of methoxy groups -OCH3 is 3. The summed E-state index contributed by atoms with van der Waals surface area (Å²) < 4.78 is 15.4. The molecule has 3 N–H and O–H groups in total. The molecule has 0 bridgehead atoms. The van der Waals surface area contributed by atoms with Gasteiger partial charge in [0.2, 0.25) is 5.91 Å². The molecule has 0 saturated carbocycles. The Morgan fingerprint density at radius 2 is 2.00 bits per heavy atom. The Kier molecular flexibility index (Phi) is 6.98. The van der Waals surface area contributed by atoms with Gasteiger partial charge in [0.25, 0.3) is 0 Å². The third-order valence-corrected chi connectivity index (χ3v) is 3.24. The first-order chi connectivity index (χ1) is 10.0. The van der Waals surface area contributed by atoms with Crippen molar-refractivity contribution in [3.05, 3.63) is 23.8 Å². The van der Waals surface area contributed by atoms with Crippen LogP contribution < -0.4 is 20.5 Å². The fourth-order valence-electron chi connectivity index (χ4n) is 1.95. The first kappa shape index (κ1) is 17.3. The molecule has 6 nitrogen and oxygen atoms in total. The average Bonchev–Trinajstić information content (AvgIpc) is 2.51. The van der Waals surface area contributed by atoms with Crippen molar-refractivity contribution < 1.29 is 19.0 Å². The Morgan fingerprint density at radius 3 is 2.57 bits per heavy atom. The molecule has 1 rings (SSSR count). The summed E-state index contributed by atoms with van der Waals surface area (Å²) >= 11 is 0. The lowest BCUT2D eigenvalue weighted by molar-refractivity contribution is -0.123. The second-order valence-electron chi connectivity index (χ2n) is 4.73. The summed E-state index contributed by atoms with van der Waals surface area (Å²) in [5.74, 6) is 1.15. The zero-order chi connectivity index (χ0) is 15.8. The Hall–Kier alpha value is -1.79. The van der Waals surface area contributed by atoms with Gasteiger partial charge in [-0.05, 0) is 25.5 Å². The van der Waals surface area contributed by atoms with E-state index in [0.29, 0.717) is 24.5 Å². The number of hydrogen-bond acceptors (Lipinski definition) is 5. The smallest absolute Gasteiger partial charge is 0.237 e. The van der Waals surface area contributed by atoms with Crippen LogP contribution in [0.1, 0.15) is 24.9 Å². The molecule has 6 heteroatoms. The molecule has 0 aliphatic carbocycles. The van der Waals surface area contributed by atoms with Gasteiger partial charge < -0.3 is 25.3 Å². The summed E-state index contributed by atoms with van der Waals surface area (Å²) in [6.07, 6.45) is 0.481. The highest BCUT2D eigenvalue weighted by atomic mass is 16.5. The Bertz CT molecular complexity index is 465. The molecule has 2 atom stereocenters. The van der Waals surface area contributed by atoms with Gasteiger partial charge in [-0.1, -0.05) is 0 Å². The Balaban J connectivity index is 2.74. The van der Waals surface area contributed by atoms with E-state index < -0.39 is 6.04 Å². The first-order valence-corrected chi connectivity index (χ1v) is 6.80. The minimum Gasteiger partial charge on any atom is -0.497 e. The van der Waals surface area contributed by atoms with E-state index >= 15 is 0 Å². The summed E-state index contributed by atoms with van der Waals surface area (Å²) in [4.78, 5) is 12.0. The second kappa shape index (κ2) is 8.49. The van der Waals surface area contributed by atoms with Crippen LogP contribution >= 0.6 is 0 Å². The standard InChI is InChI=1S/C15H24N2O4/c1-10(17-15(18)13(16)7-8-19-2)12-6-5-11(20-3)9-14(12)21-4/h5-6,9-10,13H,7-8,16H2,1-4H3,(H,17,18). The van der Waals surface area contributed by atoms with Crippen molar-refractivity contribution in [1.29, 1.82) is 0 Å². The largest absolute Gasteiger partial charge is 0.497 e. The van der Waals surface area contributed by atoms with Crippen molar-refractivity contribution in [3.8, 4) is 11.5 Å². The van der Waals surface area contributed by atoms with E-state index in [0.717, 1.165) is 5.56 Å². The van der Waals surface area contributed by atoms with Crippen LogP contribution in [-0.4, -0.2) is 39.9 Å². The van der Waals surface area contributed by atoms with Crippen LogP contribution in [0.2, 0.25) is 0 Å². The van der Waals surface area contributed by atoms with E-state index in [1.54, 1.807) is 27.4 Å². The molecule has 1 amide bonds. The monoisotopic (exact) mass is 296 g/mol. The number of amides is 1. The molecule has 0 aliphatic rings. The zero-order valence-corrected chi connectivity index (χ0v) is 13.0. The number of nitrogens with two attached hydrogens (primary N) is 1. The Morgan fingerprint density at radius 1 is 1.29 bits per heavy atom. The number of carbonyl (C=O) groups is 1. The van der Waals surface area contributed by atoms with Gasteiger partial charge in [0.1, 0.15) is 11.5 Å². The number of nitrogens with one attached hydrogen (secondary N) is 1. The van der Waals surface area contributed by atoms with Crippen LogP contribution in [-0.2, 0) is 9.53 Å². The number of carbonyl (C=O) groups excluding carboxylic acids is 1. The molecule has 0 fully saturated rings. The van der Waals surface area contributed by atoms with Crippen molar-refractivity contribution in [2.24, 2.45) is 5.73 Å². The molecule has 0 spiro atoms. The number of ether oxygens (including phenoxy) is 3. The highest BCUT2D eigenvalue weighted by Crippen LogP contribution is 2.29. The number of rotatable bonds is 8. The maximum atomic E-state index is 12.0. The summed E-state index contributed by atoms with van der Waals surface area (Å²) in [6.45, 7) is 2.33. The van der Waals surface area contributed by atoms with E-state index in [-0.39, 0.29) is 11.9 Å². The number of benzene rings is 1. The summed E-state index contributed by atoms with van der Waals surface area (Å²) in [7, 11) is 4.75. The van der Waals surface area contributed by atoms with Crippen LogP contribution in [0.5, 0.6) is 11.5 Å². The Labute approximate surface area is 125 Å². The molecule has 0 heterocycles. The predicted octanol–water partition coefficient (Wildman–Crippen LogP) is 1.24. The second-order valence-corrected chi connectivity index (χ2v) is 4.73. The fourth-order valence-corrected chi connectivity index (χ4v) is 1.95. The zero-order valence-electron chi connectivity index (χ0n) is 13.0. The lowest BCUT2D eigenvalue weighted by Gasteiger charge is -2.20. The van der Waals surface area contributed by atoms with E-state index in [1.165, 1.54) is 0 Å². The first-order valence-electron chi connectivity index (χ1n) is 6.80. The number of hydrogen-bond donors (Lipinski definition) is 2. The van der Waals surface area contributed by atoms with Gasteiger partial charge in [-0.25, -0.2) is 0 Å². The maximum absolute atomic E-state index is 12.0. The van der Waals surface area contributed by atoms with E-state index in [4.69, 9.17) is 19.9 Å². The third kappa shape index (κ3) is 4.91. The van der Waals surface area contributed by atoms with Crippen LogP contribution in [0, 0.1) is 0 Å². The summed E-state index contributed by atoms with van der Waals surface area (Å²) in [5, 5.41) is 2.88. The molecule has 0 saturated heterocycles. The van der Waals surface area contributed by atoms with E-state index in [2.05, 4.69) is 5.32 Å². The molecule has 0 radical (unpaired) electrons. The van der Waals surface area contributed by atoms with Crippen LogP contribution in [0.4, 0.5) is 0 Å². The van der Waals surface area contributed by atoms with Gasteiger partial charge in [0, 0.05) is 25.3 Å². The molecule has 1 aromatic rings.